The summed E-state index contributed by atoms with van der Waals surface area (Å²) in [6.45, 7) is 4.61. The summed E-state index contributed by atoms with van der Waals surface area (Å²) in [7, 11) is 0. The minimum absolute atomic E-state index is 0.114. The topological polar surface area (TPSA) is 33.2 Å². The van der Waals surface area contributed by atoms with Crippen molar-refractivity contribution in [1.29, 1.82) is 0 Å². The average Bonchev–Trinajstić information content (AvgIpc) is 2.98. The van der Waals surface area contributed by atoms with Crippen LogP contribution in [-0.2, 0) is 4.79 Å². The fourth-order valence-electron chi connectivity index (χ4n) is 2.40. The van der Waals surface area contributed by atoms with Crippen molar-refractivity contribution in [2.45, 2.75) is 23.4 Å². The number of amides is 1. The summed E-state index contributed by atoms with van der Waals surface area (Å²) >= 11 is 3.17. The molecule has 3 aromatic rings. The van der Waals surface area contributed by atoms with Gasteiger partial charge in [-0.1, -0.05) is 42.1 Å². The molecule has 3 nitrogen and oxygen atoms in total. The number of fused-ring (bicyclic) bond motifs is 1. The van der Waals surface area contributed by atoms with Crippen molar-refractivity contribution in [3.05, 3.63) is 54.6 Å². The molecule has 0 saturated heterocycles. The normalized spacial score (nSPS) is 12.3. The lowest BCUT2D eigenvalue weighted by Gasteiger charge is -2.23. The van der Waals surface area contributed by atoms with Gasteiger partial charge in [0, 0.05) is 12.2 Å². The number of thioether (sulfide) groups is 1. The number of nitrogens with zero attached hydrogens (tertiary/aromatic N) is 2. The molecule has 2 aromatic carbocycles. The van der Waals surface area contributed by atoms with Crippen LogP contribution in [-0.4, -0.2) is 22.7 Å². The van der Waals surface area contributed by atoms with E-state index in [9.17, 15) is 4.79 Å². The molecule has 0 radical (unpaired) electrons. The van der Waals surface area contributed by atoms with E-state index in [2.05, 4.69) is 11.1 Å². The Morgan fingerprint density at radius 1 is 1.17 bits per heavy atom. The molecule has 1 atom stereocenters. The van der Waals surface area contributed by atoms with E-state index in [-0.39, 0.29) is 11.2 Å². The summed E-state index contributed by atoms with van der Waals surface area (Å²) in [6, 6.07) is 17.9. The van der Waals surface area contributed by atoms with Crippen LogP contribution in [0.15, 0.2) is 58.9 Å². The third-order valence-electron chi connectivity index (χ3n) is 3.55. The van der Waals surface area contributed by atoms with Crippen LogP contribution in [0, 0.1) is 0 Å². The van der Waals surface area contributed by atoms with Crippen LogP contribution in [0.5, 0.6) is 0 Å². The lowest BCUT2D eigenvalue weighted by atomic mass is 10.2. The third kappa shape index (κ3) is 3.57. The summed E-state index contributed by atoms with van der Waals surface area (Å²) in [6.07, 6.45) is 0. The zero-order chi connectivity index (χ0) is 16.2. The SMILES string of the molecule is CCN(C(=O)[C@@H](C)Sc1nc2ccccc2s1)c1ccccc1. The second-order valence-corrected chi connectivity index (χ2v) is 7.74. The molecule has 118 valence electrons. The molecule has 1 aromatic heterocycles. The van der Waals surface area contributed by atoms with Gasteiger partial charge in [-0.05, 0) is 38.1 Å². The van der Waals surface area contributed by atoms with Crippen molar-refractivity contribution < 1.29 is 4.79 Å². The first kappa shape index (κ1) is 16.0. The minimum Gasteiger partial charge on any atom is -0.312 e. The minimum atomic E-state index is -0.171. The number of anilines is 1. The number of hydrogen-bond donors (Lipinski definition) is 0. The molecule has 0 aliphatic heterocycles. The summed E-state index contributed by atoms with van der Waals surface area (Å²) in [5, 5.41) is -0.171. The molecule has 0 bridgehead atoms. The van der Waals surface area contributed by atoms with Gasteiger partial charge in [0.25, 0.3) is 0 Å². The number of aromatic nitrogens is 1. The molecule has 0 spiro atoms. The summed E-state index contributed by atoms with van der Waals surface area (Å²) in [5.74, 6) is 0.114. The zero-order valence-electron chi connectivity index (χ0n) is 13.1. The fraction of sp³-hybridized carbons (Fsp3) is 0.222. The first-order valence-electron chi connectivity index (χ1n) is 7.57. The standard InChI is InChI=1S/C18H18N2OS2/c1-3-20(14-9-5-4-6-10-14)17(21)13(2)22-18-19-15-11-7-8-12-16(15)23-18/h4-13H,3H2,1-2H3/t13-/m1/s1. The molecule has 1 heterocycles. The highest BCUT2D eigenvalue weighted by Gasteiger charge is 2.22. The first-order chi connectivity index (χ1) is 11.2. The highest BCUT2D eigenvalue weighted by molar-refractivity contribution is 8.02. The molecule has 0 aliphatic rings. The van der Waals surface area contributed by atoms with E-state index < -0.39 is 0 Å². The van der Waals surface area contributed by atoms with E-state index in [1.807, 2.05) is 67.3 Å². The Morgan fingerprint density at radius 2 is 1.87 bits per heavy atom. The van der Waals surface area contributed by atoms with Crippen LogP contribution in [0.3, 0.4) is 0 Å². The Bertz CT molecular complexity index is 768. The van der Waals surface area contributed by atoms with Gasteiger partial charge >= 0.3 is 0 Å². The maximum absolute atomic E-state index is 12.8. The van der Waals surface area contributed by atoms with Gasteiger partial charge in [-0.2, -0.15) is 0 Å². The quantitative estimate of drug-likeness (QED) is 0.623. The predicted octanol–water partition coefficient (Wildman–Crippen LogP) is 4.83. The Labute approximate surface area is 144 Å². The third-order valence-corrected chi connectivity index (χ3v) is 5.77. The van der Waals surface area contributed by atoms with Crippen molar-refractivity contribution in [2.24, 2.45) is 0 Å². The molecule has 1 amide bonds. The monoisotopic (exact) mass is 342 g/mol. The van der Waals surface area contributed by atoms with Crippen molar-refractivity contribution in [1.82, 2.24) is 4.98 Å². The lowest BCUT2D eigenvalue weighted by Crippen LogP contribution is -2.36. The van der Waals surface area contributed by atoms with E-state index in [1.54, 1.807) is 11.3 Å². The number of benzene rings is 2. The Kier molecular flexibility index (Phi) is 4.98. The molecule has 0 aliphatic carbocycles. The van der Waals surface area contributed by atoms with Crippen LogP contribution in [0.25, 0.3) is 10.2 Å². The highest BCUT2D eigenvalue weighted by Crippen LogP contribution is 2.33. The van der Waals surface area contributed by atoms with Crippen LogP contribution >= 0.6 is 23.1 Å². The second-order valence-electron chi connectivity index (χ2n) is 5.13. The molecule has 5 heteroatoms. The van der Waals surface area contributed by atoms with Gasteiger partial charge in [-0.25, -0.2) is 4.98 Å². The molecular weight excluding hydrogens is 324 g/mol. The Morgan fingerprint density at radius 3 is 2.57 bits per heavy atom. The van der Waals surface area contributed by atoms with Crippen molar-refractivity contribution in [3.8, 4) is 0 Å². The number of para-hydroxylation sites is 2. The Hall–Kier alpha value is -1.85. The number of thiazole rings is 1. The summed E-state index contributed by atoms with van der Waals surface area (Å²) in [5.41, 5.74) is 1.94. The molecular formula is C18H18N2OS2. The van der Waals surface area contributed by atoms with E-state index in [0.29, 0.717) is 6.54 Å². The Balaban J connectivity index is 1.76. The molecule has 0 saturated carbocycles. The maximum Gasteiger partial charge on any atom is 0.240 e. The number of rotatable bonds is 5. The van der Waals surface area contributed by atoms with Gasteiger partial charge < -0.3 is 4.90 Å². The van der Waals surface area contributed by atoms with E-state index in [4.69, 9.17) is 0 Å². The second kappa shape index (κ2) is 7.15. The summed E-state index contributed by atoms with van der Waals surface area (Å²) in [4.78, 5) is 19.2. The molecule has 0 N–H and O–H groups in total. The smallest absolute Gasteiger partial charge is 0.240 e. The van der Waals surface area contributed by atoms with Gasteiger partial charge in [0.2, 0.25) is 5.91 Å². The van der Waals surface area contributed by atoms with E-state index in [1.165, 1.54) is 11.8 Å². The molecule has 0 fully saturated rings. The summed E-state index contributed by atoms with van der Waals surface area (Å²) < 4.78 is 2.10. The number of carbonyl (C=O) groups excluding carboxylic acids is 1. The molecule has 23 heavy (non-hydrogen) atoms. The van der Waals surface area contributed by atoms with Gasteiger partial charge in [0.1, 0.15) is 0 Å². The van der Waals surface area contributed by atoms with Crippen LogP contribution in [0.1, 0.15) is 13.8 Å². The average molecular weight is 342 g/mol. The predicted molar refractivity (Wildman–Crippen MR) is 99.4 cm³/mol. The van der Waals surface area contributed by atoms with Gasteiger partial charge in [0.05, 0.1) is 15.5 Å². The lowest BCUT2D eigenvalue weighted by molar-refractivity contribution is -0.117. The van der Waals surface area contributed by atoms with Crippen molar-refractivity contribution >= 4 is 44.9 Å². The number of carbonyl (C=O) groups is 1. The molecule has 3 rings (SSSR count). The van der Waals surface area contributed by atoms with Gasteiger partial charge in [0.15, 0.2) is 4.34 Å². The van der Waals surface area contributed by atoms with E-state index in [0.717, 1.165) is 20.2 Å². The van der Waals surface area contributed by atoms with Gasteiger partial charge in [-0.3, -0.25) is 4.79 Å². The maximum atomic E-state index is 12.8. The van der Waals surface area contributed by atoms with Crippen LogP contribution in [0.4, 0.5) is 5.69 Å². The van der Waals surface area contributed by atoms with Crippen molar-refractivity contribution in [3.63, 3.8) is 0 Å². The highest BCUT2D eigenvalue weighted by atomic mass is 32.2. The molecule has 0 unspecified atom stereocenters. The number of hydrogen-bond acceptors (Lipinski definition) is 4. The van der Waals surface area contributed by atoms with Gasteiger partial charge in [-0.15, -0.1) is 11.3 Å². The first-order valence-corrected chi connectivity index (χ1v) is 9.27. The van der Waals surface area contributed by atoms with Crippen molar-refractivity contribution in [2.75, 3.05) is 11.4 Å². The fourth-order valence-corrected chi connectivity index (χ4v) is 4.67. The zero-order valence-corrected chi connectivity index (χ0v) is 14.7. The van der Waals surface area contributed by atoms with Crippen LogP contribution in [0.2, 0.25) is 0 Å². The largest absolute Gasteiger partial charge is 0.312 e. The van der Waals surface area contributed by atoms with E-state index >= 15 is 0 Å². The van der Waals surface area contributed by atoms with Crippen LogP contribution < -0.4 is 4.90 Å².